The molecule has 0 aliphatic carbocycles. The normalized spacial score (nSPS) is 11.7. The lowest BCUT2D eigenvalue weighted by molar-refractivity contribution is 0.674. The largest absolute Gasteiger partial charge is 0.457 e. The molecule has 0 bridgehead atoms. The minimum atomic E-state index is 0.157. The predicted octanol–water partition coefficient (Wildman–Crippen LogP) is 2.63. The molecule has 0 spiro atoms. The summed E-state index contributed by atoms with van der Waals surface area (Å²) in [6.07, 6.45) is 0. The fourth-order valence-electron chi connectivity index (χ4n) is 6.93. The van der Waals surface area contributed by atoms with E-state index >= 15 is 0 Å². The van der Waals surface area contributed by atoms with Gasteiger partial charge in [-0.15, -0.1) is 0 Å². The Balaban J connectivity index is 1.34. The van der Waals surface area contributed by atoms with Gasteiger partial charge in [0, 0.05) is 43.9 Å². The number of aromatic nitrogens is 4. The summed E-state index contributed by atoms with van der Waals surface area (Å²) in [4.78, 5) is 14.4. The van der Waals surface area contributed by atoms with E-state index in [1.807, 2.05) is 102 Å². The molecule has 0 amide bonds. The highest BCUT2D eigenvalue weighted by Gasteiger charge is 2.26. The molecule has 0 saturated heterocycles. The van der Waals surface area contributed by atoms with Crippen molar-refractivity contribution in [1.82, 2.24) is 19.5 Å². The van der Waals surface area contributed by atoms with Gasteiger partial charge in [-0.25, -0.2) is 15.0 Å². The van der Waals surface area contributed by atoms with Crippen LogP contribution in [0.25, 0.3) is 83.6 Å². The summed E-state index contributed by atoms with van der Waals surface area (Å²) in [5, 5.41) is 2.91. The van der Waals surface area contributed by atoms with Crippen LogP contribution in [-0.2, 0) is 0 Å². The van der Waals surface area contributed by atoms with Gasteiger partial charge >= 0.3 is 0 Å². The summed E-state index contributed by atoms with van der Waals surface area (Å²) in [7, 11) is 41.3. The van der Waals surface area contributed by atoms with E-state index in [0.717, 1.165) is 32.9 Å². The lowest BCUT2D eigenvalue weighted by Gasteiger charge is -2.19. The first-order valence-electron chi connectivity index (χ1n) is 15.9. The maximum Gasteiger partial charge on any atom is 0.164 e. The first-order chi connectivity index (χ1) is 24.3. The molecule has 0 atom stereocenters. The van der Waals surface area contributed by atoms with Crippen LogP contribution in [-0.4, -0.2) is 66.6 Å². The summed E-state index contributed by atoms with van der Waals surface area (Å²) < 4.78 is 8.54. The molecule has 0 N–H and O–H groups in total. The van der Waals surface area contributed by atoms with Gasteiger partial charge in [-0.1, -0.05) is 119 Å². The molecule has 0 unspecified atom stereocenters. The Morgan fingerprint density at radius 1 is 0.420 bits per heavy atom. The van der Waals surface area contributed by atoms with Crippen molar-refractivity contribution in [3.63, 3.8) is 0 Å². The van der Waals surface area contributed by atoms with Crippen LogP contribution < -0.4 is 32.8 Å². The summed E-state index contributed by atoms with van der Waals surface area (Å²) in [6.45, 7) is 0. The molecule has 218 valence electrons. The molecule has 11 heteroatoms. The SMILES string of the molecule is [B]c1c(-c2nc(-c3ccccc3)nc(-c3ccccc3)n2)c([B])c2oc3c([B])c(-n4c5ccccc5c5ccccc54)c([B])c([B])c3c2c1[B]. The number of hydrogen-bond donors (Lipinski definition) is 0. The van der Waals surface area contributed by atoms with Crippen molar-refractivity contribution in [2.45, 2.75) is 0 Å². The molecule has 6 aromatic carbocycles. The Bertz CT molecular complexity index is 2720. The second-order valence-corrected chi connectivity index (χ2v) is 12.1. The highest BCUT2D eigenvalue weighted by atomic mass is 16.3. The van der Waals surface area contributed by atoms with E-state index < -0.39 is 0 Å². The molecule has 0 fully saturated rings. The van der Waals surface area contributed by atoms with Crippen molar-refractivity contribution in [2.24, 2.45) is 0 Å². The maximum atomic E-state index is 6.99. The second-order valence-electron chi connectivity index (χ2n) is 12.1. The van der Waals surface area contributed by atoms with Crippen molar-refractivity contribution in [2.75, 3.05) is 0 Å². The van der Waals surface area contributed by atoms with Gasteiger partial charge in [0.15, 0.2) is 17.5 Å². The quantitative estimate of drug-likeness (QED) is 0.283. The summed E-state index contributed by atoms with van der Waals surface area (Å²) in [6, 6.07) is 35.2. The Hall–Kier alpha value is -5.68. The van der Waals surface area contributed by atoms with Crippen LogP contribution in [0.3, 0.4) is 0 Å². The maximum absolute atomic E-state index is 6.99. The van der Waals surface area contributed by atoms with Crippen LogP contribution >= 0.6 is 0 Å². The Kier molecular flexibility index (Phi) is 6.96. The molecule has 9 aromatic rings. The number of nitrogens with zero attached hydrogens (tertiary/aromatic N) is 4. The summed E-state index contributed by atoms with van der Waals surface area (Å²) >= 11 is 0. The van der Waals surface area contributed by atoms with Gasteiger partial charge in [-0.2, -0.15) is 0 Å². The molecule has 0 aliphatic rings. The van der Waals surface area contributed by atoms with E-state index in [4.69, 9.17) is 66.4 Å². The molecular weight excluding hydrogens is 605 g/mol. The number of fused-ring (bicyclic) bond motifs is 6. The van der Waals surface area contributed by atoms with Gasteiger partial charge in [0.05, 0.1) is 11.0 Å². The fraction of sp³-hybridized carbons (Fsp3) is 0. The van der Waals surface area contributed by atoms with Gasteiger partial charge in [0.2, 0.25) is 0 Å². The fourth-order valence-corrected chi connectivity index (χ4v) is 6.93. The van der Waals surface area contributed by atoms with Crippen molar-refractivity contribution >= 4 is 124 Å². The number of para-hydroxylation sites is 2. The topological polar surface area (TPSA) is 56.7 Å². The third-order valence-corrected chi connectivity index (χ3v) is 9.29. The second kappa shape index (κ2) is 11.4. The van der Waals surface area contributed by atoms with Gasteiger partial charge in [-0.05, 0) is 23.1 Å². The smallest absolute Gasteiger partial charge is 0.164 e. The number of rotatable bonds is 4. The highest BCUT2D eigenvalue weighted by Crippen LogP contribution is 2.33. The number of benzene rings is 6. The van der Waals surface area contributed by atoms with E-state index in [-0.39, 0.29) is 49.8 Å². The average Bonchev–Trinajstić information content (AvgIpc) is 3.72. The molecule has 0 aliphatic heterocycles. The molecule has 12 radical (unpaired) electrons. The Morgan fingerprint density at radius 2 is 0.860 bits per heavy atom. The predicted molar refractivity (Wildman–Crippen MR) is 210 cm³/mol. The molecule has 5 nitrogen and oxygen atoms in total. The third kappa shape index (κ3) is 4.39. The zero-order valence-corrected chi connectivity index (χ0v) is 26.6. The van der Waals surface area contributed by atoms with Gasteiger partial charge < -0.3 is 8.98 Å². The van der Waals surface area contributed by atoms with Crippen LogP contribution in [0, 0.1) is 0 Å². The number of hydrogen-bond acceptors (Lipinski definition) is 4. The van der Waals surface area contributed by atoms with Crippen molar-refractivity contribution < 1.29 is 4.42 Å². The Labute approximate surface area is 295 Å². The molecular formula is C39H18B6N4O. The van der Waals surface area contributed by atoms with Crippen LogP contribution in [0.1, 0.15) is 0 Å². The summed E-state index contributed by atoms with van der Waals surface area (Å²) in [5.74, 6) is 1.11. The standard InChI is InChI=1S/C39H18B6N4O/c40-28-25-26-29(41)32(44)34(49-23-17-9-7-15-21(23)22-16-8-10-18-24(22)49)33(45)36(26)50-35(25)31(43)27(30(28)42)39-47-37(19-11-3-1-4-12-19)46-38(48-39)20-13-5-2-6-14-20/h1-18H. The first kappa shape index (κ1) is 30.4. The van der Waals surface area contributed by atoms with Gasteiger partial charge in [0.1, 0.15) is 58.2 Å². The van der Waals surface area contributed by atoms with Crippen LogP contribution in [0.2, 0.25) is 0 Å². The molecule has 9 rings (SSSR count). The van der Waals surface area contributed by atoms with E-state index in [9.17, 15) is 0 Å². The zero-order valence-electron chi connectivity index (χ0n) is 26.6. The van der Waals surface area contributed by atoms with Crippen molar-refractivity contribution in [1.29, 1.82) is 0 Å². The van der Waals surface area contributed by atoms with E-state index in [0.29, 0.717) is 33.7 Å². The average molecular weight is 623 g/mol. The van der Waals surface area contributed by atoms with Crippen LogP contribution in [0.4, 0.5) is 0 Å². The van der Waals surface area contributed by atoms with Crippen molar-refractivity contribution in [3.8, 4) is 39.9 Å². The monoisotopic (exact) mass is 624 g/mol. The van der Waals surface area contributed by atoms with E-state index in [1.165, 1.54) is 0 Å². The Morgan fingerprint density at radius 3 is 1.40 bits per heavy atom. The minimum absolute atomic E-state index is 0.157. The lowest BCUT2D eigenvalue weighted by Crippen LogP contribution is -2.38. The van der Waals surface area contributed by atoms with E-state index in [1.54, 1.807) is 0 Å². The first-order valence-corrected chi connectivity index (χ1v) is 15.9. The van der Waals surface area contributed by atoms with E-state index in [2.05, 4.69) is 12.1 Å². The molecule has 3 aromatic heterocycles. The third-order valence-electron chi connectivity index (χ3n) is 9.29. The highest BCUT2D eigenvalue weighted by molar-refractivity contribution is 6.64. The van der Waals surface area contributed by atoms with Crippen molar-refractivity contribution in [3.05, 3.63) is 109 Å². The molecule has 0 saturated carbocycles. The zero-order chi connectivity index (χ0) is 34.3. The molecule has 3 heterocycles. The minimum Gasteiger partial charge on any atom is -0.457 e. The van der Waals surface area contributed by atoms with Gasteiger partial charge in [0.25, 0.3) is 0 Å². The lowest BCUT2D eigenvalue weighted by atomic mass is 9.68. The van der Waals surface area contributed by atoms with Crippen LogP contribution in [0.15, 0.2) is 114 Å². The molecule has 50 heavy (non-hydrogen) atoms. The number of furan rings is 1. The van der Waals surface area contributed by atoms with Gasteiger partial charge in [-0.3, -0.25) is 0 Å². The summed E-state index contributed by atoms with van der Waals surface area (Å²) in [5.41, 5.74) is 5.99. The van der Waals surface area contributed by atoms with Crippen LogP contribution in [0.5, 0.6) is 0 Å².